The minimum atomic E-state index is -4.17. The first-order valence-electron chi connectivity index (χ1n) is 9.32. The highest BCUT2D eigenvalue weighted by molar-refractivity contribution is 14.0. The molecule has 0 aromatic rings. The molecule has 1 atom stereocenters. The van der Waals surface area contributed by atoms with Crippen LogP contribution in [0.4, 0.5) is 13.2 Å². The first-order chi connectivity index (χ1) is 12.2. The molecule has 6 nitrogen and oxygen atoms in total. The third-order valence-electron chi connectivity index (χ3n) is 4.30. The summed E-state index contributed by atoms with van der Waals surface area (Å²) in [6.45, 7) is 10.8. The zero-order chi connectivity index (χ0) is 19.6. The highest BCUT2D eigenvalue weighted by Gasteiger charge is 2.29. The van der Waals surface area contributed by atoms with Crippen molar-refractivity contribution in [1.29, 1.82) is 0 Å². The molecule has 0 saturated carbocycles. The van der Waals surface area contributed by atoms with E-state index in [1.807, 2.05) is 6.92 Å². The summed E-state index contributed by atoms with van der Waals surface area (Å²) in [5.74, 6) is 1.10. The van der Waals surface area contributed by atoms with Crippen LogP contribution in [0.25, 0.3) is 0 Å². The number of guanidine groups is 1. The SMILES string of the molecule is CCNC(=NCC(C(C)C)N1CCOCC1)NCCN(C)CC(F)(F)F.I. The minimum absolute atomic E-state index is 0. The van der Waals surface area contributed by atoms with Crippen LogP contribution >= 0.6 is 24.0 Å². The van der Waals surface area contributed by atoms with Crippen LogP contribution in [0.15, 0.2) is 4.99 Å². The zero-order valence-electron chi connectivity index (χ0n) is 16.8. The van der Waals surface area contributed by atoms with Gasteiger partial charge in [0.05, 0.1) is 26.3 Å². The number of morpholine rings is 1. The lowest BCUT2D eigenvalue weighted by atomic mass is 10.0. The van der Waals surface area contributed by atoms with Gasteiger partial charge in [-0.1, -0.05) is 13.8 Å². The van der Waals surface area contributed by atoms with Gasteiger partial charge in [0.25, 0.3) is 0 Å². The van der Waals surface area contributed by atoms with Crippen LogP contribution in [0.2, 0.25) is 0 Å². The van der Waals surface area contributed by atoms with Gasteiger partial charge in [-0.15, -0.1) is 24.0 Å². The Labute approximate surface area is 178 Å². The van der Waals surface area contributed by atoms with Gasteiger partial charge in [-0.2, -0.15) is 13.2 Å². The van der Waals surface area contributed by atoms with Crippen molar-refractivity contribution in [2.45, 2.75) is 33.0 Å². The Balaban J connectivity index is 0.00000676. The lowest BCUT2D eigenvalue weighted by Crippen LogP contribution is -2.48. The molecule has 1 aliphatic rings. The monoisotopic (exact) mass is 509 g/mol. The van der Waals surface area contributed by atoms with Crippen molar-refractivity contribution in [3.8, 4) is 0 Å². The number of aliphatic imine (C=N–C) groups is 1. The fraction of sp³-hybridized carbons (Fsp3) is 0.941. The molecular weight excluding hydrogens is 474 g/mol. The van der Waals surface area contributed by atoms with Crippen molar-refractivity contribution in [3.63, 3.8) is 0 Å². The number of ether oxygens (including phenoxy) is 1. The van der Waals surface area contributed by atoms with E-state index in [0.29, 0.717) is 44.1 Å². The first kappa shape index (κ1) is 26.7. The number of rotatable bonds is 9. The third kappa shape index (κ3) is 12.0. The summed E-state index contributed by atoms with van der Waals surface area (Å²) in [5, 5.41) is 6.28. The lowest BCUT2D eigenvalue weighted by molar-refractivity contribution is -0.142. The fourth-order valence-corrected chi connectivity index (χ4v) is 2.93. The number of nitrogens with one attached hydrogen (secondary N) is 2. The van der Waals surface area contributed by atoms with Gasteiger partial charge in [0.2, 0.25) is 0 Å². The van der Waals surface area contributed by atoms with Gasteiger partial charge < -0.3 is 15.4 Å². The van der Waals surface area contributed by atoms with Crippen LogP contribution in [0.5, 0.6) is 0 Å². The molecule has 0 bridgehead atoms. The molecule has 10 heteroatoms. The molecule has 0 aliphatic carbocycles. The van der Waals surface area contributed by atoms with Crippen molar-refractivity contribution < 1.29 is 17.9 Å². The predicted octanol–water partition coefficient (Wildman–Crippen LogP) is 2.01. The molecule has 0 radical (unpaired) electrons. The average Bonchev–Trinajstić information content (AvgIpc) is 2.54. The van der Waals surface area contributed by atoms with Crippen LogP contribution in [0.3, 0.4) is 0 Å². The Morgan fingerprint density at radius 2 is 1.85 bits per heavy atom. The van der Waals surface area contributed by atoms with Crippen molar-refractivity contribution in [2.24, 2.45) is 10.9 Å². The van der Waals surface area contributed by atoms with E-state index in [9.17, 15) is 13.2 Å². The number of alkyl halides is 3. The molecule has 1 heterocycles. The Morgan fingerprint density at radius 3 is 2.37 bits per heavy atom. The molecular formula is C17H35F3IN5O. The summed E-state index contributed by atoms with van der Waals surface area (Å²) in [5.41, 5.74) is 0. The van der Waals surface area contributed by atoms with Gasteiger partial charge >= 0.3 is 6.18 Å². The molecule has 0 aromatic carbocycles. The maximum absolute atomic E-state index is 12.4. The number of hydrogen-bond acceptors (Lipinski definition) is 4. The number of hydrogen-bond donors (Lipinski definition) is 2. The van der Waals surface area contributed by atoms with Crippen LogP contribution in [0, 0.1) is 5.92 Å². The van der Waals surface area contributed by atoms with Gasteiger partial charge in [-0.05, 0) is 19.9 Å². The molecule has 0 aromatic heterocycles. The Kier molecular flexibility index (Phi) is 13.6. The maximum Gasteiger partial charge on any atom is 0.401 e. The van der Waals surface area contributed by atoms with Crippen molar-refractivity contribution in [2.75, 3.05) is 66.1 Å². The van der Waals surface area contributed by atoms with Crippen LogP contribution in [-0.2, 0) is 4.74 Å². The summed E-state index contributed by atoms with van der Waals surface area (Å²) in [7, 11) is 1.46. The lowest BCUT2D eigenvalue weighted by Gasteiger charge is -2.36. The second kappa shape index (κ2) is 13.8. The van der Waals surface area contributed by atoms with E-state index < -0.39 is 12.7 Å². The first-order valence-corrected chi connectivity index (χ1v) is 9.32. The highest BCUT2D eigenvalue weighted by Crippen LogP contribution is 2.15. The maximum atomic E-state index is 12.4. The number of likely N-dealkylation sites (N-methyl/N-ethyl adjacent to an activating group) is 1. The molecule has 1 aliphatic heterocycles. The van der Waals surface area contributed by atoms with Crippen molar-refractivity contribution in [1.82, 2.24) is 20.4 Å². The van der Waals surface area contributed by atoms with E-state index in [-0.39, 0.29) is 24.0 Å². The molecule has 27 heavy (non-hydrogen) atoms. The van der Waals surface area contributed by atoms with E-state index in [0.717, 1.165) is 26.3 Å². The summed E-state index contributed by atoms with van der Waals surface area (Å²) >= 11 is 0. The Hall–Kier alpha value is -0.330. The summed E-state index contributed by atoms with van der Waals surface area (Å²) in [6.07, 6.45) is -4.17. The van der Waals surface area contributed by atoms with Crippen molar-refractivity contribution >= 4 is 29.9 Å². The quantitative estimate of drug-likeness (QED) is 0.283. The van der Waals surface area contributed by atoms with Crippen LogP contribution in [-0.4, -0.2) is 94.1 Å². The summed E-state index contributed by atoms with van der Waals surface area (Å²) in [6, 6.07) is 0.322. The molecule has 1 fully saturated rings. The third-order valence-corrected chi connectivity index (χ3v) is 4.30. The smallest absolute Gasteiger partial charge is 0.379 e. The van der Waals surface area contributed by atoms with Crippen LogP contribution in [0.1, 0.15) is 20.8 Å². The molecule has 1 saturated heterocycles. The predicted molar refractivity (Wildman–Crippen MR) is 114 cm³/mol. The normalized spacial score (nSPS) is 17.7. The molecule has 1 rings (SSSR count). The van der Waals surface area contributed by atoms with Gasteiger partial charge in [0.1, 0.15) is 0 Å². The molecule has 1 unspecified atom stereocenters. The highest BCUT2D eigenvalue weighted by atomic mass is 127. The van der Waals surface area contributed by atoms with Crippen LogP contribution < -0.4 is 10.6 Å². The molecule has 0 spiro atoms. The summed E-state index contributed by atoms with van der Waals surface area (Å²) < 4.78 is 42.5. The molecule has 2 N–H and O–H groups in total. The second-order valence-corrected chi connectivity index (χ2v) is 6.96. The van der Waals surface area contributed by atoms with Gasteiger partial charge in [-0.3, -0.25) is 14.8 Å². The van der Waals surface area contributed by atoms with Gasteiger partial charge in [0, 0.05) is 38.8 Å². The Bertz CT molecular complexity index is 418. The standard InChI is InChI=1S/C17H34F3N5O.HI/c1-5-21-16(22-6-7-24(4)13-17(18,19)20)23-12-15(14(2)3)25-8-10-26-11-9-25;/h14-15H,5-13H2,1-4H3,(H2,21,22,23);1H. The number of halogens is 4. The molecule has 162 valence electrons. The number of nitrogens with zero attached hydrogens (tertiary/aromatic N) is 3. The zero-order valence-corrected chi connectivity index (χ0v) is 19.1. The molecule has 0 amide bonds. The van der Waals surface area contributed by atoms with Gasteiger partial charge in [-0.25, -0.2) is 0 Å². The Morgan fingerprint density at radius 1 is 1.22 bits per heavy atom. The van der Waals surface area contributed by atoms with E-state index in [1.165, 1.54) is 11.9 Å². The van der Waals surface area contributed by atoms with Gasteiger partial charge in [0.15, 0.2) is 5.96 Å². The van der Waals surface area contributed by atoms with E-state index in [1.54, 1.807) is 0 Å². The fourth-order valence-electron chi connectivity index (χ4n) is 2.93. The van der Waals surface area contributed by atoms with E-state index in [2.05, 4.69) is 34.4 Å². The minimum Gasteiger partial charge on any atom is -0.379 e. The largest absolute Gasteiger partial charge is 0.401 e. The van der Waals surface area contributed by atoms with E-state index in [4.69, 9.17) is 4.74 Å². The van der Waals surface area contributed by atoms with E-state index >= 15 is 0 Å². The second-order valence-electron chi connectivity index (χ2n) is 6.96. The topological polar surface area (TPSA) is 52.1 Å². The average molecular weight is 509 g/mol. The van der Waals surface area contributed by atoms with Crippen molar-refractivity contribution in [3.05, 3.63) is 0 Å². The summed E-state index contributed by atoms with van der Waals surface area (Å²) in [4.78, 5) is 8.31.